The third kappa shape index (κ3) is 3.57. The number of ether oxygens (including phenoxy) is 1. The molecule has 0 saturated carbocycles. The molecule has 0 radical (unpaired) electrons. The molecule has 0 aromatic carbocycles. The first kappa shape index (κ1) is 14.5. The number of nitrogens with one attached hydrogen (secondary N) is 1. The Kier molecular flexibility index (Phi) is 4.73. The SMILES string of the molecule is COCC(C)n1cc(C)nc1NCCc1ncn(C)n1. The molecular weight excluding hydrogens is 256 g/mol. The summed E-state index contributed by atoms with van der Waals surface area (Å²) in [4.78, 5) is 8.70. The molecule has 0 saturated heterocycles. The maximum atomic E-state index is 5.20. The van der Waals surface area contributed by atoms with Crippen LogP contribution in [0.2, 0.25) is 0 Å². The van der Waals surface area contributed by atoms with Gasteiger partial charge in [0.05, 0.1) is 18.3 Å². The molecule has 2 rings (SSSR count). The highest BCUT2D eigenvalue weighted by atomic mass is 16.5. The smallest absolute Gasteiger partial charge is 0.203 e. The normalized spacial score (nSPS) is 12.6. The molecule has 2 aromatic heterocycles. The van der Waals surface area contributed by atoms with Crippen molar-refractivity contribution in [2.45, 2.75) is 26.3 Å². The van der Waals surface area contributed by atoms with Crippen LogP contribution in [-0.4, -0.2) is 44.6 Å². The minimum Gasteiger partial charge on any atom is -0.383 e. The van der Waals surface area contributed by atoms with Crippen LogP contribution < -0.4 is 5.32 Å². The van der Waals surface area contributed by atoms with Crippen LogP contribution in [0.5, 0.6) is 0 Å². The average Bonchev–Trinajstić information content (AvgIpc) is 2.96. The van der Waals surface area contributed by atoms with Gasteiger partial charge >= 0.3 is 0 Å². The summed E-state index contributed by atoms with van der Waals surface area (Å²) in [7, 11) is 3.58. The highest BCUT2D eigenvalue weighted by Crippen LogP contribution is 2.16. The number of hydrogen-bond donors (Lipinski definition) is 1. The molecule has 7 heteroatoms. The van der Waals surface area contributed by atoms with Gasteiger partial charge in [-0.25, -0.2) is 9.97 Å². The predicted molar refractivity (Wildman–Crippen MR) is 76.7 cm³/mol. The van der Waals surface area contributed by atoms with E-state index < -0.39 is 0 Å². The molecule has 0 spiro atoms. The standard InChI is InChI=1S/C13H22N6O/c1-10-7-19(11(2)8-20-4)13(16-10)14-6-5-12-15-9-18(3)17-12/h7,9,11H,5-6,8H2,1-4H3,(H,14,16). The van der Waals surface area contributed by atoms with Gasteiger partial charge in [-0.3, -0.25) is 4.68 Å². The summed E-state index contributed by atoms with van der Waals surface area (Å²) >= 11 is 0. The van der Waals surface area contributed by atoms with E-state index in [1.54, 1.807) is 18.1 Å². The fourth-order valence-corrected chi connectivity index (χ4v) is 2.09. The molecule has 1 unspecified atom stereocenters. The average molecular weight is 278 g/mol. The predicted octanol–water partition coefficient (Wildman–Crippen LogP) is 1.18. The number of hydrogen-bond acceptors (Lipinski definition) is 5. The molecule has 0 aliphatic heterocycles. The topological polar surface area (TPSA) is 69.8 Å². The third-order valence-corrected chi connectivity index (χ3v) is 3.01. The van der Waals surface area contributed by atoms with Gasteiger partial charge in [0.15, 0.2) is 5.82 Å². The summed E-state index contributed by atoms with van der Waals surface area (Å²) in [5.74, 6) is 1.70. The summed E-state index contributed by atoms with van der Waals surface area (Å²) in [6.07, 6.45) is 4.51. The summed E-state index contributed by atoms with van der Waals surface area (Å²) in [6.45, 7) is 5.50. The molecule has 2 aromatic rings. The minimum absolute atomic E-state index is 0.247. The first-order chi connectivity index (χ1) is 9.60. The molecule has 0 bridgehead atoms. The Hall–Kier alpha value is -1.89. The molecule has 1 N–H and O–H groups in total. The molecule has 20 heavy (non-hydrogen) atoms. The third-order valence-electron chi connectivity index (χ3n) is 3.01. The zero-order chi connectivity index (χ0) is 14.5. The van der Waals surface area contributed by atoms with Crippen molar-refractivity contribution in [1.82, 2.24) is 24.3 Å². The number of methoxy groups -OCH3 is 1. The first-order valence-electron chi connectivity index (χ1n) is 6.73. The van der Waals surface area contributed by atoms with E-state index in [9.17, 15) is 0 Å². The minimum atomic E-state index is 0.247. The summed E-state index contributed by atoms with van der Waals surface area (Å²) in [5, 5.41) is 7.59. The van der Waals surface area contributed by atoms with Crippen LogP contribution in [0.15, 0.2) is 12.5 Å². The Morgan fingerprint density at radius 2 is 2.25 bits per heavy atom. The highest BCUT2D eigenvalue weighted by molar-refractivity contribution is 5.29. The lowest BCUT2D eigenvalue weighted by molar-refractivity contribution is 0.163. The quantitative estimate of drug-likeness (QED) is 0.823. The summed E-state index contributed by atoms with van der Waals surface area (Å²) < 4.78 is 9.01. The van der Waals surface area contributed by atoms with Crippen LogP contribution in [0, 0.1) is 6.92 Å². The summed E-state index contributed by atoms with van der Waals surface area (Å²) in [6, 6.07) is 0.247. The van der Waals surface area contributed by atoms with E-state index in [1.165, 1.54) is 0 Å². The Morgan fingerprint density at radius 3 is 2.90 bits per heavy atom. The zero-order valence-electron chi connectivity index (χ0n) is 12.5. The van der Waals surface area contributed by atoms with Gasteiger partial charge < -0.3 is 14.6 Å². The number of nitrogens with zero attached hydrogens (tertiary/aromatic N) is 5. The maximum Gasteiger partial charge on any atom is 0.203 e. The van der Waals surface area contributed by atoms with Crippen molar-refractivity contribution < 1.29 is 4.74 Å². The van der Waals surface area contributed by atoms with Crippen molar-refractivity contribution in [2.24, 2.45) is 7.05 Å². The second kappa shape index (κ2) is 6.51. The number of aromatic nitrogens is 5. The van der Waals surface area contributed by atoms with Gasteiger partial charge in [0.2, 0.25) is 5.95 Å². The Balaban J connectivity index is 1.95. The lowest BCUT2D eigenvalue weighted by Crippen LogP contribution is -2.16. The largest absolute Gasteiger partial charge is 0.383 e. The monoisotopic (exact) mass is 278 g/mol. The van der Waals surface area contributed by atoms with Gasteiger partial charge in [0.25, 0.3) is 0 Å². The van der Waals surface area contributed by atoms with E-state index in [1.807, 2.05) is 20.2 Å². The van der Waals surface area contributed by atoms with Gasteiger partial charge in [0, 0.05) is 33.3 Å². The molecule has 0 fully saturated rings. The van der Waals surface area contributed by atoms with E-state index in [-0.39, 0.29) is 6.04 Å². The molecule has 0 aliphatic rings. The summed E-state index contributed by atoms with van der Waals surface area (Å²) in [5.41, 5.74) is 0.992. The molecule has 0 amide bonds. The van der Waals surface area contributed by atoms with Crippen molar-refractivity contribution in [3.8, 4) is 0 Å². The molecule has 7 nitrogen and oxygen atoms in total. The van der Waals surface area contributed by atoms with Crippen LogP contribution in [0.3, 0.4) is 0 Å². The van der Waals surface area contributed by atoms with Crippen LogP contribution in [-0.2, 0) is 18.2 Å². The van der Waals surface area contributed by atoms with Crippen molar-refractivity contribution in [2.75, 3.05) is 25.6 Å². The second-order valence-corrected chi connectivity index (χ2v) is 4.93. The Morgan fingerprint density at radius 1 is 1.45 bits per heavy atom. The molecule has 1 atom stereocenters. The second-order valence-electron chi connectivity index (χ2n) is 4.93. The number of aryl methyl sites for hydroxylation is 2. The van der Waals surface area contributed by atoms with Crippen LogP contribution in [0.4, 0.5) is 5.95 Å². The van der Waals surface area contributed by atoms with Crippen LogP contribution in [0.1, 0.15) is 24.5 Å². The Bertz CT molecular complexity index is 547. The van der Waals surface area contributed by atoms with Crippen molar-refractivity contribution in [3.05, 3.63) is 24.0 Å². The van der Waals surface area contributed by atoms with Crippen LogP contribution >= 0.6 is 0 Å². The van der Waals surface area contributed by atoms with Crippen molar-refractivity contribution in [1.29, 1.82) is 0 Å². The van der Waals surface area contributed by atoms with E-state index in [2.05, 4.69) is 31.9 Å². The lowest BCUT2D eigenvalue weighted by Gasteiger charge is -2.15. The van der Waals surface area contributed by atoms with E-state index in [0.717, 1.165) is 30.4 Å². The van der Waals surface area contributed by atoms with E-state index in [0.29, 0.717) is 6.61 Å². The number of rotatable bonds is 7. The van der Waals surface area contributed by atoms with Gasteiger partial charge in [-0.1, -0.05) is 0 Å². The molecule has 0 aliphatic carbocycles. The lowest BCUT2D eigenvalue weighted by atomic mass is 10.3. The molecular formula is C13H22N6O. The van der Waals surface area contributed by atoms with Gasteiger partial charge in [-0.2, -0.15) is 5.10 Å². The van der Waals surface area contributed by atoms with Gasteiger partial charge in [-0.15, -0.1) is 0 Å². The zero-order valence-corrected chi connectivity index (χ0v) is 12.5. The fourth-order valence-electron chi connectivity index (χ4n) is 2.09. The van der Waals surface area contributed by atoms with Crippen molar-refractivity contribution in [3.63, 3.8) is 0 Å². The number of imidazole rings is 1. The van der Waals surface area contributed by atoms with Crippen molar-refractivity contribution >= 4 is 5.95 Å². The van der Waals surface area contributed by atoms with Gasteiger partial charge in [-0.05, 0) is 13.8 Å². The molecule has 110 valence electrons. The van der Waals surface area contributed by atoms with E-state index in [4.69, 9.17) is 4.74 Å². The van der Waals surface area contributed by atoms with E-state index >= 15 is 0 Å². The number of anilines is 1. The van der Waals surface area contributed by atoms with Crippen LogP contribution in [0.25, 0.3) is 0 Å². The van der Waals surface area contributed by atoms with Gasteiger partial charge in [0.1, 0.15) is 6.33 Å². The maximum absolute atomic E-state index is 5.20. The fraction of sp³-hybridized carbons (Fsp3) is 0.615. The Labute approximate surface area is 119 Å². The molecule has 2 heterocycles. The first-order valence-corrected chi connectivity index (χ1v) is 6.73. The highest BCUT2D eigenvalue weighted by Gasteiger charge is 2.11.